The van der Waals surface area contributed by atoms with E-state index in [1.165, 1.54) is 25.7 Å². The third-order valence-corrected chi connectivity index (χ3v) is 5.93. The second-order valence-electron chi connectivity index (χ2n) is 9.61. The highest BCUT2D eigenvalue weighted by Crippen LogP contribution is 2.07. The lowest BCUT2D eigenvalue weighted by Crippen LogP contribution is -2.15. The second-order valence-corrected chi connectivity index (χ2v) is 9.61. The SMILES string of the molecule is CCCCCCCCC(=O)OCCOCCOCCOCCOCCOCCOCCOCCOCC(C)CC. The molecule has 0 spiro atoms. The maximum absolute atomic E-state index is 11.6. The monoisotopic (exact) mass is 580 g/mol. The van der Waals surface area contributed by atoms with E-state index in [1.807, 2.05) is 0 Å². The highest BCUT2D eigenvalue weighted by Gasteiger charge is 2.02. The fraction of sp³-hybridized carbons (Fsp3) is 0.967. The summed E-state index contributed by atoms with van der Waals surface area (Å²) in [6.07, 6.45) is 8.59. The molecule has 0 aliphatic carbocycles. The molecule has 0 aromatic carbocycles. The van der Waals surface area contributed by atoms with Gasteiger partial charge in [0.05, 0.1) is 99.1 Å². The highest BCUT2D eigenvalue weighted by atomic mass is 16.6. The van der Waals surface area contributed by atoms with Gasteiger partial charge >= 0.3 is 5.97 Å². The van der Waals surface area contributed by atoms with Crippen LogP contribution < -0.4 is 0 Å². The summed E-state index contributed by atoms with van der Waals surface area (Å²) >= 11 is 0. The quantitative estimate of drug-likeness (QED) is 0.0801. The molecule has 0 radical (unpaired) electrons. The third-order valence-electron chi connectivity index (χ3n) is 5.93. The van der Waals surface area contributed by atoms with Crippen LogP contribution in [0.1, 0.15) is 72.1 Å². The van der Waals surface area contributed by atoms with E-state index < -0.39 is 0 Å². The molecule has 1 unspecified atom stereocenters. The standard InChI is InChI=1S/C30H60O10/c1-4-6-7-8-9-10-11-30(31)40-27-26-38-23-22-36-19-18-34-15-14-32-12-13-33-16-17-35-20-21-37-24-25-39-28-29(3)5-2/h29H,4-28H2,1-3H3. The van der Waals surface area contributed by atoms with Crippen LogP contribution in [0.3, 0.4) is 0 Å². The average Bonchev–Trinajstić information content (AvgIpc) is 2.96. The Morgan fingerprint density at radius 2 is 0.825 bits per heavy atom. The molecule has 0 aromatic rings. The van der Waals surface area contributed by atoms with Crippen LogP contribution in [-0.2, 0) is 47.4 Å². The summed E-state index contributed by atoms with van der Waals surface area (Å²) in [7, 11) is 0. The van der Waals surface area contributed by atoms with Crippen LogP contribution in [0.2, 0.25) is 0 Å². The number of ether oxygens (including phenoxy) is 9. The number of esters is 1. The van der Waals surface area contributed by atoms with Crippen molar-refractivity contribution in [2.24, 2.45) is 5.92 Å². The van der Waals surface area contributed by atoms with Crippen LogP contribution in [-0.4, -0.2) is 118 Å². The number of rotatable bonds is 34. The van der Waals surface area contributed by atoms with Crippen molar-refractivity contribution in [3.05, 3.63) is 0 Å². The molecule has 0 bridgehead atoms. The Labute approximate surface area is 244 Å². The van der Waals surface area contributed by atoms with Crippen molar-refractivity contribution in [2.75, 3.05) is 112 Å². The second kappa shape index (κ2) is 34.4. The summed E-state index contributed by atoms with van der Waals surface area (Å²) < 4.78 is 48.9. The van der Waals surface area contributed by atoms with Gasteiger partial charge in [-0.05, 0) is 12.3 Å². The summed E-state index contributed by atoms with van der Waals surface area (Å²) in [5, 5.41) is 0. The Hall–Kier alpha value is -0.850. The fourth-order valence-corrected chi connectivity index (χ4v) is 3.28. The normalized spacial score (nSPS) is 12.2. The van der Waals surface area contributed by atoms with E-state index in [4.69, 9.17) is 42.6 Å². The first-order valence-corrected chi connectivity index (χ1v) is 15.5. The van der Waals surface area contributed by atoms with E-state index in [0.29, 0.717) is 118 Å². The van der Waals surface area contributed by atoms with Crippen molar-refractivity contribution < 1.29 is 47.4 Å². The highest BCUT2D eigenvalue weighted by molar-refractivity contribution is 5.69. The van der Waals surface area contributed by atoms with Crippen LogP contribution in [0.5, 0.6) is 0 Å². The predicted octanol–water partition coefficient (Wildman–Crippen LogP) is 4.46. The smallest absolute Gasteiger partial charge is 0.305 e. The van der Waals surface area contributed by atoms with Gasteiger partial charge in [-0.1, -0.05) is 59.3 Å². The third kappa shape index (κ3) is 33.4. The van der Waals surface area contributed by atoms with Gasteiger partial charge in [0.1, 0.15) is 6.61 Å². The molecule has 0 aliphatic rings. The predicted molar refractivity (Wildman–Crippen MR) is 155 cm³/mol. The zero-order valence-electron chi connectivity index (χ0n) is 25.8. The van der Waals surface area contributed by atoms with Crippen LogP contribution in [0.4, 0.5) is 0 Å². The first kappa shape index (κ1) is 39.1. The lowest BCUT2D eigenvalue weighted by Gasteiger charge is -2.10. The molecule has 0 saturated carbocycles. The molecule has 0 saturated heterocycles. The number of hydrogen-bond acceptors (Lipinski definition) is 10. The zero-order valence-corrected chi connectivity index (χ0v) is 25.8. The van der Waals surface area contributed by atoms with Gasteiger partial charge in [-0.3, -0.25) is 4.79 Å². The molecule has 40 heavy (non-hydrogen) atoms. The number of hydrogen-bond donors (Lipinski definition) is 0. The van der Waals surface area contributed by atoms with E-state index in [9.17, 15) is 4.79 Å². The molecule has 10 nitrogen and oxygen atoms in total. The van der Waals surface area contributed by atoms with Gasteiger partial charge in [-0.15, -0.1) is 0 Å². The van der Waals surface area contributed by atoms with Crippen molar-refractivity contribution >= 4 is 5.97 Å². The van der Waals surface area contributed by atoms with E-state index in [2.05, 4.69) is 20.8 Å². The number of carbonyl (C=O) groups excluding carboxylic acids is 1. The molecular weight excluding hydrogens is 520 g/mol. The molecule has 0 N–H and O–H groups in total. The molecule has 10 heteroatoms. The Morgan fingerprint density at radius 3 is 1.23 bits per heavy atom. The van der Waals surface area contributed by atoms with Gasteiger partial charge < -0.3 is 42.6 Å². The first-order valence-electron chi connectivity index (χ1n) is 15.5. The van der Waals surface area contributed by atoms with Gasteiger partial charge in [0, 0.05) is 13.0 Å². The molecule has 0 aromatic heterocycles. The van der Waals surface area contributed by atoms with Crippen LogP contribution in [0.15, 0.2) is 0 Å². The summed E-state index contributed by atoms with van der Waals surface area (Å²) in [5.74, 6) is 0.460. The Morgan fingerprint density at radius 1 is 0.475 bits per heavy atom. The Bertz CT molecular complexity index is 495. The van der Waals surface area contributed by atoms with E-state index in [-0.39, 0.29) is 5.97 Å². The molecule has 0 fully saturated rings. The maximum atomic E-state index is 11.6. The molecule has 1 atom stereocenters. The lowest BCUT2D eigenvalue weighted by molar-refractivity contribution is -0.145. The van der Waals surface area contributed by atoms with Gasteiger partial charge in [-0.2, -0.15) is 0 Å². The van der Waals surface area contributed by atoms with Gasteiger partial charge in [0.15, 0.2) is 0 Å². The lowest BCUT2D eigenvalue weighted by atomic mass is 10.1. The van der Waals surface area contributed by atoms with Crippen molar-refractivity contribution in [2.45, 2.75) is 72.1 Å². The van der Waals surface area contributed by atoms with Crippen LogP contribution in [0, 0.1) is 5.92 Å². The average molecular weight is 581 g/mol. The molecule has 0 amide bonds. The molecule has 0 rings (SSSR count). The summed E-state index contributed by atoms with van der Waals surface area (Å²) in [5.41, 5.74) is 0. The van der Waals surface area contributed by atoms with E-state index in [0.717, 1.165) is 25.9 Å². The number of unbranched alkanes of at least 4 members (excludes halogenated alkanes) is 5. The number of carbonyl (C=O) groups is 1. The van der Waals surface area contributed by atoms with Gasteiger partial charge in [0.25, 0.3) is 0 Å². The molecule has 0 aliphatic heterocycles. The minimum Gasteiger partial charge on any atom is -0.463 e. The van der Waals surface area contributed by atoms with E-state index in [1.54, 1.807) is 0 Å². The Kier molecular flexibility index (Phi) is 33.6. The molecule has 240 valence electrons. The first-order chi connectivity index (χ1) is 19.7. The van der Waals surface area contributed by atoms with Gasteiger partial charge in [-0.25, -0.2) is 0 Å². The van der Waals surface area contributed by atoms with Crippen LogP contribution >= 0.6 is 0 Å². The maximum Gasteiger partial charge on any atom is 0.305 e. The fourth-order valence-electron chi connectivity index (χ4n) is 3.28. The van der Waals surface area contributed by atoms with E-state index >= 15 is 0 Å². The Balaban J connectivity index is 3.10. The van der Waals surface area contributed by atoms with Crippen molar-refractivity contribution in [1.82, 2.24) is 0 Å². The minimum absolute atomic E-state index is 0.138. The summed E-state index contributed by atoms with van der Waals surface area (Å²) in [4.78, 5) is 11.6. The van der Waals surface area contributed by atoms with Crippen molar-refractivity contribution in [3.63, 3.8) is 0 Å². The zero-order chi connectivity index (χ0) is 29.2. The van der Waals surface area contributed by atoms with Gasteiger partial charge in [0.2, 0.25) is 0 Å². The molecule has 0 heterocycles. The van der Waals surface area contributed by atoms with Crippen LogP contribution in [0.25, 0.3) is 0 Å². The largest absolute Gasteiger partial charge is 0.463 e. The van der Waals surface area contributed by atoms with Crippen molar-refractivity contribution in [3.8, 4) is 0 Å². The van der Waals surface area contributed by atoms with Crippen molar-refractivity contribution in [1.29, 1.82) is 0 Å². The molecular formula is C30H60O10. The minimum atomic E-state index is -0.138. The summed E-state index contributed by atoms with van der Waals surface area (Å²) in [6, 6.07) is 0. The topological polar surface area (TPSA) is 100 Å². The summed E-state index contributed by atoms with van der Waals surface area (Å²) in [6.45, 7) is 15.4.